The third-order valence-corrected chi connectivity index (χ3v) is 0. The van der Waals surface area contributed by atoms with Crippen LogP contribution >= 0.6 is 0 Å². The first-order valence-electron chi connectivity index (χ1n) is 0.781. The quantitative estimate of drug-likeness (QED) is 0.447. The molecule has 0 aliphatic heterocycles. The predicted molar refractivity (Wildman–Crippen MR) is 28.7 cm³/mol. The van der Waals surface area contributed by atoms with Gasteiger partial charge in [0.25, 0.3) is 0 Å². The Labute approximate surface area is 93.6 Å². The van der Waals surface area contributed by atoms with Gasteiger partial charge in [0.15, 0.2) is 0 Å². The molecule has 31 valence electrons. The number of aliphatic carboxylic acids is 1. The van der Waals surface area contributed by atoms with E-state index in [-0.39, 0.29) is 72.1 Å². The molecule has 0 amide bonds. The van der Waals surface area contributed by atoms with Gasteiger partial charge in [0.05, 0.1) is 6.92 Å². The fraction of sp³-hybridized carbons (Fsp3) is 0. The number of rotatable bonds is 0. The van der Waals surface area contributed by atoms with Crippen molar-refractivity contribution >= 4 is 58.6 Å². The molecule has 2 nitrogen and oxygen atoms in total. The minimum absolute atomic E-state index is 0. The first kappa shape index (κ1) is 23.2. The van der Waals surface area contributed by atoms with Gasteiger partial charge in [-0.25, -0.2) is 0 Å². The zero-order valence-corrected chi connectivity index (χ0v) is 5.74. The van der Waals surface area contributed by atoms with Crippen molar-refractivity contribution in [2.75, 3.05) is 0 Å². The van der Waals surface area contributed by atoms with Gasteiger partial charge >= 0.3 is 58.6 Å². The molecule has 0 saturated heterocycles. The summed E-state index contributed by atoms with van der Waals surface area (Å²) in [7, 11) is 0. The second-order valence-electron chi connectivity index (χ2n) is 0.394. The second kappa shape index (κ2) is 15.7. The van der Waals surface area contributed by atoms with E-state index >= 15 is 0 Å². The van der Waals surface area contributed by atoms with Crippen LogP contribution in [0.15, 0.2) is 0 Å². The molecule has 0 rings (SSSR count). The smallest absolute Gasteiger partial charge is 0 e. The van der Waals surface area contributed by atoms with Gasteiger partial charge < -0.3 is 5.11 Å². The van der Waals surface area contributed by atoms with E-state index < -0.39 is 5.97 Å². The van der Waals surface area contributed by atoms with Crippen LogP contribution in [-0.2, 0) is 24.3 Å². The third kappa shape index (κ3) is 78.0. The van der Waals surface area contributed by atoms with E-state index in [9.17, 15) is 0 Å². The van der Waals surface area contributed by atoms with Crippen LogP contribution in [0.4, 0.5) is 0 Å². The van der Waals surface area contributed by atoms with Crippen LogP contribution in [0.3, 0.4) is 0 Å². The van der Waals surface area contributed by atoms with E-state index in [0.29, 0.717) is 0 Å². The predicted octanol–water partition coefficient (Wildman–Crippen LogP) is -1.66. The molecule has 0 unspecified atom stereocenters. The summed E-state index contributed by atoms with van der Waals surface area (Å²) in [5.74, 6) is -1.08. The topological polar surface area (TPSA) is 37.3 Å². The molecule has 0 aromatic rings. The van der Waals surface area contributed by atoms with Gasteiger partial charge in [-0.2, -0.15) is 0 Å². The van der Waals surface area contributed by atoms with Crippen LogP contribution in [0.5, 0.6) is 0 Å². The van der Waals surface area contributed by atoms with Crippen LogP contribution in [0, 0.1) is 6.92 Å². The molecule has 5 heteroatoms. The maximum absolute atomic E-state index is 8.89. The van der Waals surface area contributed by atoms with Crippen molar-refractivity contribution in [3.05, 3.63) is 6.92 Å². The van der Waals surface area contributed by atoms with Crippen molar-refractivity contribution in [2.24, 2.45) is 0 Å². The summed E-state index contributed by atoms with van der Waals surface area (Å²) >= 11 is 0. The summed E-state index contributed by atoms with van der Waals surface area (Å²) in [5, 5.41) is 7.31. The Morgan fingerprint density at radius 1 is 1.57 bits per heavy atom. The molecule has 0 aromatic heterocycles. The molecule has 0 bridgehead atoms. The van der Waals surface area contributed by atoms with Crippen LogP contribution in [0.1, 0.15) is 0 Å². The number of hydrogen-bond acceptors (Lipinski definition) is 1. The molecule has 0 aliphatic rings. The molecular weight excluding hydrogens is 169 g/mol. The molecule has 0 saturated carbocycles. The molecule has 0 heterocycles. The largest absolute Gasteiger partial charge is 0 e. The molecule has 7 heavy (non-hydrogen) atoms. The van der Waals surface area contributed by atoms with Gasteiger partial charge in [0.2, 0.25) is 0 Å². The number of carboxylic acids is 1. The Bertz CT molecular complexity index is 38.7. The van der Waals surface area contributed by atoms with Crippen LogP contribution < -0.4 is 0 Å². The maximum Gasteiger partial charge on any atom is 0 e. The fourth-order valence-corrected chi connectivity index (χ4v) is 0. The summed E-state index contributed by atoms with van der Waals surface area (Å²) in [6.07, 6.45) is 0. The Morgan fingerprint density at radius 3 is 1.57 bits per heavy atom. The normalized spacial score (nSPS) is 3.57. The van der Waals surface area contributed by atoms with E-state index in [1.54, 1.807) is 0 Å². The van der Waals surface area contributed by atoms with Crippen molar-refractivity contribution in [2.45, 2.75) is 0 Å². The molecule has 0 fully saturated rings. The van der Waals surface area contributed by atoms with E-state index in [4.69, 9.17) is 9.90 Å². The van der Waals surface area contributed by atoms with E-state index in [1.807, 2.05) is 0 Å². The van der Waals surface area contributed by atoms with E-state index in [1.165, 1.54) is 0 Å². The summed E-state index contributed by atoms with van der Waals surface area (Å²) in [4.78, 5) is 8.89. The Morgan fingerprint density at radius 2 is 1.57 bits per heavy atom. The van der Waals surface area contributed by atoms with Crippen molar-refractivity contribution in [3.8, 4) is 0 Å². The molecule has 0 aliphatic carbocycles. The third-order valence-electron chi connectivity index (χ3n) is 0. The number of hydrogen-bond donors (Lipinski definition) is 1. The number of carboxylic acid groups (broad SMARTS) is 1. The molecule has 0 spiro atoms. The Balaban J connectivity index is -0.0000000150. The van der Waals surface area contributed by atoms with Crippen LogP contribution in [0.25, 0.3) is 0 Å². The van der Waals surface area contributed by atoms with Gasteiger partial charge in [-0.05, 0) is 0 Å². The van der Waals surface area contributed by atoms with Crippen molar-refractivity contribution in [1.82, 2.24) is 0 Å². The maximum atomic E-state index is 8.89. The monoisotopic (exact) mass is 173 g/mol. The SMILES string of the molecule is [CH2]C(=O)O.[MgH2].[NaH].[Zn]. The molecule has 0 aromatic carbocycles. The van der Waals surface area contributed by atoms with Gasteiger partial charge in [0.1, 0.15) is 0 Å². The first-order valence-corrected chi connectivity index (χ1v) is 0.781. The number of carbonyl (C=O) groups is 1. The average Bonchev–Trinajstić information content (AvgIpc) is 0.811. The van der Waals surface area contributed by atoms with Gasteiger partial charge in [-0.1, -0.05) is 0 Å². The zero-order valence-electron chi connectivity index (χ0n) is 2.77. The summed E-state index contributed by atoms with van der Waals surface area (Å²) in [5.41, 5.74) is 0. The second-order valence-corrected chi connectivity index (χ2v) is 0.394. The van der Waals surface area contributed by atoms with Gasteiger partial charge in [-0.15, -0.1) is 0 Å². The van der Waals surface area contributed by atoms with Crippen molar-refractivity contribution in [3.63, 3.8) is 0 Å². The summed E-state index contributed by atoms with van der Waals surface area (Å²) in [6, 6.07) is 0. The fourth-order valence-electron chi connectivity index (χ4n) is 0. The van der Waals surface area contributed by atoms with E-state index in [2.05, 4.69) is 6.92 Å². The average molecular weight is 175 g/mol. The molecular formula is C2H6MgNaO2Zn. The standard InChI is InChI=1S/C2H3O2.Mg.Na.Zn.3H/c1-2(3)4;;;;;;/h1H2,(H,3,4);;;;;;. The van der Waals surface area contributed by atoms with Gasteiger partial charge in [-0.3, -0.25) is 4.79 Å². The van der Waals surface area contributed by atoms with Crippen molar-refractivity contribution < 1.29 is 29.4 Å². The summed E-state index contributed by atoms with van der Waals surface area (Å²) in [6.45, 7) is 2.56. The molecule has 1 radical (unpaired) electrons. The molecule has 0 atom stereocenters. The van der Waals surface area contributed by atoms with E-state index in [0.717, 1.165) is 0 Å². The minimum atomic E-state index is -1.08. The first-order chi connectivity index (χ1) is 1.73. The minimum Gasteiger partial charge on any atom is 0 e. The molecule has 1 N–H and O–H groups in total. The van der Waals surface area contributed by atoms with Crippen molar-refractivity contribution in [1.29, 1.82) is 0 Å². The van der Waals surface area contributed by atoms with Gasteiger partial charge in [0, 0.05) is 19.5 Å². The van der Waals surface area contributed by atoms with Crippen LogP contribution in [0.2, 0.25) is 0 Å². The van der Waals surface area contributed by atoms with Crippen LogP contribution in [-0.4, -0.2) is 63.7 Å². The zero-order chi connectivity index (χ0) is 3.58. The Kier molecular flexibility index (Phi) is 51.8. The Hall–Kier alpha value is 1.86. The summed E-state index contributed by atoms with van der Waals surface area (Å²) < 4.78 is 0.